The van der Waals surface area contributed by atoms with E-state index in [2.05, 4.69) is 46.1 Å². The zero-order valence-electron chi connectivity index (χ0n) is 10.2. The van der Waals surface area contributed by atoms with E-state index in [9.17, 15) is 0 Å². The molecule has 2 N–H and O–H groups in total. The van der Waals surface area contributed by atoms with Gasteiger partial charge < -0.3 is 10.3 Å². The van der Waals surface area contributed by atoms with Crippen molar-refractivity contribution in [2.45, 2.75) is 19.8 Å². The molecule has 17 heavy (non-hydrogen) atoms. The fourth-order valence-corrected chi connectivity index (χ4v) is 2.06. The minimum absolute atomic E-state index is 0.951. The number of hydrogen-bond acceptors (Lipinski definition) is 3. The van der Waals surface area contributed by atoms with Crippen LogP contribution in [0.3, 0.4) is 0 Å². The molecule has 0 aliphatic rings. The number of aryl methyl sites for hydroxylation is 1. The predicted molar refractivity (Wildman–Crippen MR) is 75.9 cm³/mol. The van der Waals surface area contributed by atoms with Gasteiger partial charge in [0.15, 0.2) is 0 Å². The van der Waals surface area contributed by atoms with Gasteiger partial charge in [-0.1, -0.05) is 6.07 Å². The number of fused-ring (bicyclic) bond motifs is 1. The van der Waals surface area contributed by atoms with Gasteiger partial charge in [-0.3, -0.25) is 0 Å². The van der Waals surface area contributed by atoms with Crippen LogP contribution in [0.1, 0.15) is 17.8 Å². The molecule has 0 saturated heterocycles. The topological polar surface area (TPSA) is 40.7 Å². The number of aromatic nitrogens is 2. The fourth-order valence-electron chi connectivity index (χ4n) is 1.90. The zero-order chi connectivity index (χ0) is 12.1. The fraction of sp³-hybridized carbons (Fsp3) is 0.462. The number of imidazole rings is 1. The number of thiol groups is 1. The van der Waals surface area contributed by atoms with Gasteiger partial charge >= 0.3 is 0 Å². The number of nitrogens with zero attached hydrogens (tertiary/aromatic N) is 1. The molecule has 1 aromatic heterocycles. The van der Waals surface area contributed by atoms with Gasteiger partial charge in [0.1, 0.15) is 5.82 Å². The molecular weight excluding hydrogens is 230 g/mol. The standard InChI is InChI=1S/C13H19N3S/c1-10-15-12-4-3-11(9-13(12)16-10)5-7-14-6-2-8-17/h3-4,9,14,17H,2,5-8H2,1H3,(H,15,16). The summed E-state index contributed by atoms with van der Waals surface area (Å²) in [7, 11) is 0. The first-order chi connectivity index (χ1) is 8.29. The van der Waals surface area contributed by atoms with Gasteiger partial charge in [-0.25, -0.2) is 4.98 Å². The molecule has 0 spiro atoms. The zero-order valence-corrected chi connectivity index (χ0v) is 11.1. The van der Waals surface area contributed by atoms with Crippen LogP contribution < -0.4 is 5.32 Å². The van der Waals surface area contributed by atoms with E-state index in [0.29, 0.717) is 0 Å². The van der Waals surface area contributed by atoms with E-state index in [1.165, 1.54) is 5.56 Å². The van der Waals surface area contributed by atoms with Crippen molar-refractivity contribution in [2.24, 2.45) is 0 Å². The number of rotatable bonds is 6. The van der Waals surface area contributed by atoms with E-state index in [-0.39, 0.29) is 0 Å². The average molecular weight is 249 g/mol. The van der Waals surface area contributed by atoms with Gasteiger partial charge in [0.2, 0.25) is 0 Å². The molecule has 2 aromatic rings. The van der Waals surface area contributed by atoms with Gasteiger partial charge in [0.05, 0.1) is 11.0 Å². The lowest BCUT2D eigenvalue weighted by Gasteiger charge is -2.03. The van der Waals surface area contributed by atoms with Crippen LogP contribution in [0.15, 0.2) is 18.2 Å². The summed E-state index contributed by atoms with van der Waals surface area (Å²) in [4.78, 5) is 7.66. The molecule has 0 fully saturated rings. The maximum Gasteiger partial charge on any atom is 0.104 e. The van der Waals surface area contributed by atoms with E-state index in [1.807, 2.05) is 6.92 Å². The third-order valence-electron chi connectivity index (χ3n) is 2.77. The van der Waals surface area contributed by atoms with Crippen LogP contribution in [0.2, 0.25) is 0 Å². The minimum atomic E-state index is 0.951. The first-order valence-corrected chi connectivity index (χ1v) is 6.69. The second kappa shape index (κ2) is 6.07. The maximum absolute atomic E-state index is 4.40. The summed E-state index contributed by atoms with van der Waals surface area (Å²) < 4.78 is 0. The maximum atomic E-state index is 4.40. The molecule has 4 heteroatoms. The highest BCUT2D eigenvalue weighted by Crippen LogP contribution is 2.13. The van der Waals surface area contributed by atoms with Crippen molar-refractivity contribution < 1.29 is 0 Å². The quantitative estimate of drug-likeness (QED) is 0.543. The molecule has 0 radical (unpaired) electrons. The predicted octanol–water partition coefficient (Wildman–Crippen LogP) is 2.32. The highest BCUT2D eigenvalue weighted by molar-refractivity contribution is 7.80. The van der Waals surface area contributed by atoms with Crippen LogP contribution in [0.5, 0.6) is 0 Å². The summed E-state index contributed by atoms with van der Waals surface area (Å²) in [6.07, 6.45) is 2.18. The molecule has 0 atom stereocenters. The molecule has 0 bridgehead atoms. The van der Waals surface area contributed by atoms with Gasteiger partial charge in [-0.05, 0) is 56.3 Å². The third-order valence-corrected chi connectivity index (χ3v) is 3.08. The largest absolute Gasteiger partial charge is 0.342 e. The number of nitrogens with one attached hydrogen (secondary N) is 2. The molecule has 2 rings (SSSR count). The summed E-state index contributed by atoms with van der Waals surface area (Å²) in [5, 5.41) is 3.41. The molecule has 0 aliphatic carbocycles. The smallest absolute Gasteiger partial charge is 0.104 e. The lowest BCUT2D eigenvalue weighted by atomic mass is 10.1. The Morgan fingerprint density at radius 3 is 3.06 bits per heavy atom. The van der Waals surface area contributed by atoms with Crippen molar-refractivity contribution in [2.75, 3.05) is 18.8 Å². The van der Waals surface area contributed by atoms with Crippen molar-refractivity contribution in [3.63, 3.8) is 0 Å². The Bertz CT molecular complexity index is 478. The van der Waals surface area contributed by atoms with Gasteiger partial charge in [0.25, 0.3) is 0 Å². The van der Waals surface area contributed by atoms with Crippen molar-refractivity contribution >= 4 is 23.7 Å². The summed E-state index contributed by atoms with van der Waals surface area (Å²) >= 11 is 4.18. The molecular formula is C13H19N3S. The van der Waals surface area contributed by atoms with Gasteiger partial charge in [-0.15, -0.1) is 0 Å². The third kappa shape index (κ3) is 3.48. The Labute approximate surface area is 107 Å². The van der Waals surface area contributed by atoms with E-state index in [4.69, 9.17) is 0 Å². The van der Waals surface area contributed by atoms with Crippen LogP contribution in [-0.2, 0) is 6.42 Å². The summed E-state index contributed by atoms with van der Waals surface area (Å²) in [6, 6.07) is 6.43. The van der Waals surface area contributed by atoms with Gasteiger partial charge in [0, 0.05) is 0 Å². The molecule has 0 unspecified atom stereocenters. The van der Waals surface area contributed by atoms with E-state index < -0.39 is 0 Å². The Morgan fingerprint density at radius 2 is 2.24 bits per heavy atom. The van der Waals surface area contributed by atoms with Crippen molar-refractivity contribution in [1.29, 1.82) is 0 Å². The van der Waals surface area contributed by atoms with Crippen LogP contribution in [-0.4, -0.2) is 28.8 Å². The summed E-state index contributed by atoms with van der Waals surface area (Å²) in [5.74, 6) is 1.93. The minimum Gasteiger partial charge on any atom is -0.342 e. The molecule has 92 valence electrons. The van der Waals surface area contributed by atoms with Crippen LogP contribution in [0.4, 0.5) is 0 Å². The van der Waals surface area contributed by atoms with Crippen molar-refractivity contribution in [1.82, 2.24) is 15.3 Å². The molecule has 1 aromatic carbocycles. The Balaban J connectivity index is 1.90. The summed E-state index contributed by atoms with van der Waals surface area (Å²) in [6.45, 7) is 4.06. The molecule has 1 heterocycles. The number of H-pyrrole nitrogens is 1. The molecule has 3 nitrogen and oxygen atoms in total. The van der Waals surface area contributed by atoms with Crippen LogP contribution in [0, 0.1) is 6.92 Å². The highest BCUT2D eigenvalue weighted by atomic mass is 32.1. The van der Waals surface area contributed by atoms with E-state index in [1.54, 1.807) is 0 Å². The highest BCUT2D eigenvalue weighted by Gasteiger charge is 2.00. The monoisotopic (exact) mass is 249 g/mol. The Morgan fingerprint density at radius 1 is 1.35 bits per heavy atom. The second-order valence-corrected chi connectivity index (χ2v) is 4.70. The summed E-state index contributed by atoms with van der Waals surface area (Å²) in [5.41, 5.74) is 3.53. The number of aromatic amines is 1. The lowest BCUT2D eigenvalue weighted by Crippen LogP contribution is -2.18. The number of hydrogen-bond donors (Lipinski definition) is 3. The first kappa shape index (κ1) is 12.5. The van der Waals surface area contributed by atoms with Crippen LogP contribution in [0.25, 0.3) is 11.0 Å². The van der Waals surface area contributed by atoms with Gasteiger partial charge in [-0.2, -0.15) is 12.6 Å². The van der Waals surface area contributed by atoms with Crippen molar-refractivity contribution in [3.8, 4) is 0 Å². The Kier molecular flexibility index (Phi) is 4.45. The Hall–Kier alpha value is -1.00. The lowest BCUT2D eigenvalue weighted by molar-refractivity contribution is 0.675. The normalized spacial score (nSPS) is 11.2. The van der Waals surface area contributed by atoms with E-state index in [0.717, 1.165) is 48.5 Å². The van der Waals surface area contributed by atoms with E-state index >= 15 is 0 Å². The van der Waals surface area contributed by atoms with Crippen molar-refractivity contribution in [3.05, 3.63) is 29.6 Å². The molecule has 0 saturated carbocycles. The van der Waals surface area contributed by atoms with Crippen LogP contribution >= 0.6 is 12.6 Å². The molecule has 0 aliphatic heterocycles. The number of benzene rings is 1. The molecule has 0 amide bonds. The SMILES string of the molecule is Cc1nc2ccc(CCNCCCS)cc2[nH]1. The average Bonchev–Trinajstić information content (AvgIpc) is 2.68. The second-order valence-electron chi connectivity index (χ2n) is 4.25. The first-order valence-electron chi connectivity index (χ1n) is 6.06.